The highest BCUT2D eigenvalue weighted by atomic mass is 35.5. The summed E-state index contributed by atoms with van der Waals surface area (Å²) in [5.41, 5.74) is 6.48. The molecule has 0 aliphatic carbocycles. The van der Waals surface area contributed by atoms with Gasteiger partial charge in [0, 0.05) is 34.6 Å². The van der Waals surface area contributed by atoms with E-state index in [1.54, 1.807) is 6.21 Å². The first-order valence-corrected chi connectivity index (χ1v) is 6.61. The van der Waals surface area contributed by atoms with E-state index in [1.165, 1.54) is 6.92 Å². The van der Waals surface area contributed by atoms with Crippen LogP contribution in [0.2, 0.25) is 5.02 Å². The number of rotatable bonds is 3. The molecule has 0 radical (unpaired) electrons. The van der Waals surface area contributed by atoms with Crippen LogP contribution in [0.4, 0.5) is 0 Å². The summed E-state index contributed by atoms with van der Waals surface area (Å²) >= 11 is 6.04. The van der Waals surface area contributed by atoms with Crippen LogP contribution in [0.5, 0.6) is 0 Å². The second-order valence-electron chi connectivity index (χ2n) is 4.57. The predicted molar refractivity (Wildman–Crippen MR) is 81.7 cm³/mol. The number of nitrogens with zero attached hydrogens (tertiary/aromatic N) is 2. The number of halogens is 1. The molecule has 0 bridgehead atoms. The summed E-state index contributed by atoms with van der Waals surface area (Å²) in [7, 11) is 0. The molecule has 1 aromatic carbocycles. The van der Waals surface area contributed by atoms with Gasteiger partial charge in [-0.15, -0.1) is 0 Å². The van der Waals surface area contributed by atoms with Crippen molar-refractivity contribution in [2.75, 3.05) is 0 Å². The van der Waals surface area contributed by atoms with E-state index in [4.69, 9.17) is 11.6 Å². The van der Waals surface area contributed by atoms with E-state index in [0.717, 1.165) is 22.6 Å². The number of hydrazone groups is 1. The maximum Gasteiger partial charge on any atom is 0.236 e. The molecule has 0 atom stereocenters. The second kappa shape index (κ2) is 5.92. The zero-order valence-corrected chi connectivity index (χ0v) is 12.4. The van der Waals surface area contributed by atoms with Crippen LogP contribution >= 0.6 is 11.6 Å². The minimum Gasteiger partial charge on any atom is -0.318 e. The summed E-state index contributed by atoms with van der Waals surface area (Å²) in [4.78, 5) is 10.8. The van der Waals surface area contributed by atoms with E-state index < -0.39 is 0 Å². The first-order valence-electron chi connectivity index (χ1n) is 6.23. The Morgan fingerprint density at radius 3 is 2.75 bits per heavy atom. The van der Waals surface area contributed by atoms with Gasteiger partial charge in [0.05, 0.1) is 6.21 Å². The second-order valence-corrected chi connectivity index (χ2v) is 5.00. The number of carbonyl (C=O) groups excluding carboxylic acids is 1. The molecule has 0 unspecified atom stereocenters. The van der Waals surface area contributed by atoms with Crippen LogP contribution in [0.25, 0.3) is 5.69 Å². The molecule has 0 saturated heterocycles. The quantitative estimate of drug-likeness (QED) is 0.684. The van der Waals surface area contributed by atoms with Crippen molar-refractivity contribution >= 4 is 23.7 Å². The molecule has 0 spiro atoms. The fourth-order valence-corrected chi connectivity index (χ4v) is 2.31. The average molecular weight is 290 g/mol. The lowest BCUT2D eigenvalue weighted by molar-refractivity contribution is -0.118. The van der Waals surface area contributed by atoms with Gasteiger partial charge in [-0.2, -0.15) is 5.10 Å². The lowest BCUT2D eigenvalue weighted by atomic mass is 10.2. The van der Waals surface area contributed by atoms with E-state index >= 15 is 0 Å². The smallest absolute Gasteiger partial charge is 0.236 e. The molecular weight excluding hydrogens is 274 g/mol. The van der Waals surface area contributed by atoms with E-state index in [2.05, 4.69) is 15.1 Å². The minimum absolute atomic E-state index is 0.190. The number of nitrogens with one attached hydrogen (secondary N) is 1. The third-order valence-electron chi connectivity index (χ3n) is 2.96. The fraction of sp³-hybridized carbons (Fsp3) is 0.200. The lowest BCUT2D eigenvalue weighted by Gasteiger charge is -2.09. The molecular formula is C15H16ClN3O. The molecule has 1 amide bonds. The van der Waals surface area contributed by atoms with Gasteiger partial charge in [-0.25, -0.2) is 5.43 Å². The van der Waals surface area contributed by atoms with Gasteiger partial charge in [-0.3, -0.25) is 4.79 Å². The maximum absolute atomic E-state index is 10.8. The molecule has 1 N–H and O–H groups in total. The van der Waals surface area contributed by atoms with Crippen LogP contribution in [0.15, 0.2) is 35.4 Å². The Morgan fingerprint density at radius 2 is 2.10 bits per heavy atom. The number of carbonyl (C=O) groups is 1. The third kappa shape index (κ3) is 3.08. The number of benzene rings is 1. The Kier molecular flexibility index (Phi) is 4.25. The normalized spacial score (nSPS) is 11.0. The van der Waals surface area contributed by atoms with Gasteiger partial charge in [-0.1, -0.05) is 17.7 Å². The summed E-state index contributed by atoms with van der Waals surface area (Å²) in [6.07, 6.45) is 1.64. The zero-order chi connectivity index (χ0) is 14.7. The average Bonchev–Trinajstić information content (AvgIpc) is 2.64. The molecule has 2 rings (SSSR count). The molecule has 1 aromatic heterocycles. The van der Waals surface area contributed by atoms with Crippen LogP contribution < -0.4 is 5.43 Å². The number of amides is 1. The molecule has 0 fully saturated rings. The molecule has 0 saturated carbocycles. The highest BCUT2D eigenvalue weighted by molar-refractivity contribution is 6.30. The van der Waals surface area contributed by atoms with Crippen LogP contribution in [0, 0.1) is 13.8 Å². The van der Waals surface area contributed by atoms with Gasteiger partial charge in [0.1, 0.15) is 0 Å². The monoisotopic (exact) mass is 289 g/mol. The van der Waals surface area contributed by atoms with Crippen molar-refractivity contribution in [1.29, 1.82) is 0 Å². The summed E-state index contributed by atoms with van der Waals surface area (Å²) in [6, 6.07) is 9.69. The Hall–Kier alpha value is -2.07. The van der Waals surface area contributed by atoms with Crippen molar-refractivity contribution in [3.63, 3.8) is 0 Å². The van der Waals surface area contributed by atoms with Crippen molar-refractivity contribution in [1.82, 2.24) is 9.99 Å². The topological polar surface area (TPSA) is 46.4 Å². The standard InChI is InChI=1S/C15H16ClN3O/c1-10-7-13(9-17-18-12(3)20)11(2)19(10)15-6-4-5-14(16)8-15/h4-9H,1-3H3,(H,18,20)/b17-9-. The van der Waals surface area contributed by atoms with Gasteiger partial charge in [-0.05, 0) is 38.1 Å². The Bertz CT molecular complexity index is 674. The summed E-state index contributed by atoms with van der Waals surface area (Å²) in [6.45, 7) is 5.44. The van der Waals surface area contributed by atoms with Gasteiger partial charge >= 0.3 is 0 Å². The highest BCUT2D eigenvalue weighted by Gasteiger charge is 2.09. The zero-order valence-electron chi connectivity index (χ0n) is 11.6. The third-order valence-corrected chi connectivity index (χ3v) is 3.20. The van der Waals surface area contributed by atoms with Gasteiger partial charge in [0.2, 0.25) is 5.91 Å². The molecule has 0 aliphatic rings. The first kappa shape index (κ1) is 14.3. The largest absolute Gasteiger partial charge is 0.318 e. The predicted octanol–water partition coefficient (Wildman–Crippen LogP) is 3.22. The summed E-state index contributed by atoms with van der Waals surface area (Å²) in [5.74, 6) is -0.190. The van der Waals surface area contributed by atoms with Crippen LogP contribution in [0.3, 0.4) is 0 Å². The highest BCUT2D eigenvalue weighted by Crippen LogP contribution is 2.22. The fourth-order valence-electron chi connectivity index (χ4n) is 2.12. The SMILES string of the molecule is CC(=O)N/N=C\c1cc(C)n(-c2cccc(Cl)c2)c1C. The Labute approximate surface area is 123 Å². The molecule has 104 valence electrons. The van der Waals surface area contributed by atoms with Gasteiger partial charge < -0.3 is 4.57 Å². The van der Waals surface area contributed by atoms with Crippen molar-refractivity contribution in [3.05, 3.63) is 52.3 Å². The molecule has 2 aromatic rings. The van der Waals surface area contributed by atoms with E-state index in [0.29, 0.717) is 5.02 Å². The van der Waals surface area contributed by atoms with Crippen molar-refractivity contribution in [2.45, 2.75) is 20.8 Å². The number of aromatic nitrogens is 1. The summed E-state index contributed by atoms with van der Waals surface area (Å²) < 4.78 is 2.10. The molecule has 0 aliphatic heterocycles. The first-order chi connectivity index (χ1) is 9.49. The Balaban J connectivity index is 2.39. The maximum atomic E-state index is 10.8. The number of hydrogen-bond donors (Lipinski definition) is 1. The number of hydrogen-bond acceptors (Lipinski definition) is 2. The minimum atomic E-state index is -0.190. The molecule has 1 heterocycles. The van der Waals surface area contributed by atoms with Gasteiger partial charge in [0.15, 0.2) is 0 Å². The number of aryl methyl sites for hydroxylation is 1. The van der Waals surface area contributed by atoms with Crippen molar-refractivity contribution in [2.24, 2.45) is 5.10 Å². The van der Waals surface area contributed by atoms with E-state index in [1.807, 2.05) is 44.2 Å². The van der Waals surface area contributed by atoms with Crippen LogP contribution in [-0.2, 0) is 4.79 Å². The molecule has 20 heavy (non-hydrogen) atoms. The van der Waals surface area contributed by atoms with Crippen molar-refractivity contribution < 1.29 is 4.79 Å². The Morgan fingerprint density at radius 1 is 1.35 bits per heavy atom. The van der Waals surface area contributed by atoms with Gasteiger partial charge in [0.25, 0.3) is 0 Å². The van der Waals surface area contributed by atoms with E-state index in [-0.39, 0.29) is 5.91 Å². The molecule has 4 nitrogen and oxygen atoms in total. The van der Waals surface area contributed by atoms with Crippen LogP contribution in [-0.4, -0.2) is 16.7 Å². The lowest BCUT2D eigenvalue weighted by Crippen LogP contribution is -2.12. The van der Waals surface area contributed by atoms with Crippen LogP contribution in [0.1, 0.15) is 23.9 Å². The summed E-state index contributed by atoms with van der Waals surface area (Å²) in [5, 5.41) is 4.60. The van der Waals surface area contributed by atoms with E-state index in [9.17, 15) is 4.79 Å². The molecule has 5 heteroatoms. The van der Waals surface area contributed by atoms with Crippen molar-refractivity contribution in [3.8, 4) is 5.69 Å².